The van der Waals surface area contributed by atoms with Crippen molar-refractivity contribution in [1.82, 2.24) is 0 Å². The SMILES string of the molecule is C=C(CCC=C(C)C)C(C)CO. The summed E-state index contributed by atoms with van der Waals surface area (Å²) in [6.45, 7) is 10.3. The number of hydrogen-bond donors (Lipinski definition) is 1. The lowest BCUT2D eigenvalue weighted by atomic mass is 9.99. The molecule has 0 aliphatic carbocycles. The quantitative estimate of drug-likeness (QED) is 0.626. The van der Waals surface area contributed by atoms with Gasteiger partial charge in [-0.15, -0.1) is 0 Å². The van der Waals surface area contributed by atoms with E-state index in [2.05, 4.69) is 26.5 Å². The maximum atomic E-state index is 8.84. The van der Waals surface area contributed by atoms with Crippen LogP contribution in [0.5, 0.6) is 0 Å². The summed E-state index contributed by atoms with van der Waals surface area (Å²) in [5.41, 5.74) is 2.49. The summed E-state index contributed by atoms with van der Waals surface area (Å²) in [5, 5.41) is 8.84. The third-order valence-electron chi connectivity index (χ3n) is 1.99. The van der Waals surface area contributed by atoms with Crippen LogP contribution in [-0.2, 0) is 0 Å². The molecular formula is C11H20O. The van der Waals surface area contributed by atoms with Crippen LogP contribution >= 0.6 is 0 Å². The summed E-state index contributed by atoms with van der Waals surface area (Å²) in [6, 6.07) is 0. The predicted octanol–water partition coefficient (Wildman–Crippen LogP) is 2.92. The Balaban J connectivity index is 3.65. The zero-order valence-electron chi connectivity index (χ0n) is 8.43. The monoisotopic (exact) mass is 168 g/mol. The van der Waals surface area contributed by atoms with E-state index in [1.54, 1.807) is 0 Å². The Morgan fingerprint density at radius 2 is 2.08 bits per heavy atom. The fourth-order valence-electron chi connectivity index (χ4n) is 0.922. The van der Waals surface area contributed by atoms with Gasteiger partial charge in [-0.25, -0.2) is 0 Å². The number of aliphatic hydroxyl groups excluding tert-OH is 1. The molecule has 1 heteroatoms. The number of rotatable bonds is 5. The highest BCUT2D eigenvalue weighted by atomic mass is 16.3. The molecule has 0 heterocycles. The maximum absolute atomic E-state index is 8.84. The third kappa shape index (κ3) is 5.14. The summed E-state index contributed by atoms with van der Waals surface area (Å²) in [4.78, 5) is 0. The zero-order chi connectivity index (χ0) is 9.56. The molecule has 0 aromatic heterocycles. The highest BCUT2D eigenvalue weighted by Crippen LogP contribution is 2.14. The molecule has 12 heavy (non-hydrogen) atoms. The van der Waals surface area contributed by atoms with Crippen LogP contribution in [-0.4, -0.2) is 11.7 Å². The highest BCUT2D eigenvalue weighted by molar-refractivity contribution is 5.02. The average Bonchev–Trinajstić information content (AvgIpc) is 2.02. The molecule has 0 saturated carbocycles. The van der Waals surface area contributed by atoms with Crippen molar-refractivity contribution < 1.29 is 5.11 Å². The van der Waals surface area contributed by atoms with Crippen LogP contribution < -0.4 is 0 Å². The molecule has 0 bridgehead atoms. The van der Waals surface area contributed by atoms with E-state index in [1.165, 1.54) is 5.57 Å². The van der Waals surface area contributed by atoms with Crippen molar-refractivity contribution in [2.45, 2.75) is 33.6 Å². The summed E-state index contributed by atoms with van der Waals surface area (Å²) in [7, 11) is 0. The summed E-state index contributed by atoms with van der Waals surface area (Å²) in [5.74, 6) is 0.246. The highest BCUT2D eigenvalue weighted by Gasteiger charge is 2.02. The van der Waals surface area contributed by atoms with Crippen molar-refractivity contribution in [2.75, 3.05) is 6.61 Å². The average molecular weight is 168 g/mol. The molecule has 70 valence electrons. The second-order valence-electron chi connectivity index (χ2n) is 3.56. The Kier molecular flexibility index (Phi) is 5.73. The van der Waals surface area contributed by atoms with Crippen LogP contribution in [0.3, 0.4) is 0 Å². The molecule has 1 N–H and O–H groups in total. The van der Waals surface area contributed by atoms with E-state index in [0.717, 1.165) is 18.4 Å². The summed E-state index contributed by atoms with van der Waals surface area (Å²) >= 11 is 0. The molecule has 0 aromatic carbocycles. The molecule has 0 aromatic rings. The standard InChI is InChI=1S/C11H20O/c1-9(2)6-5-7-10(3)11(4)8-12/h6,11-12H,3,5,7-8H2,1-2,4H3. The second kappa shape index (κ2) is 6.01. The Hall–Kier alpha value is -0.560. The first-order valence-corrected chi connectivity index (χ1v) is 4.49. The van der Waals surface area contributed by atoms with Crippen LogP contribution in [0.25, 0.3) is 0 Å². The molecule has 0 fully saturated rings. The fraction of sp³-hybridized carbons (Fsp3) is 0.636. The molecule has 0 aliphatic heterocycles. The van der Waals surface area contributed by atoms with Gasteiger partial charge in [0.25, 0.3) is 0 Å². The first kappa shape index (κ1) is 11.4. The van der Waals surface area contributed by atoms with Gasteiger partial charge in [-0.2, -0.15) is 0 Å². The molecule has 0 radical (unpaired) electrons. The van der Waals surface area contributed by atoms with Crippen molar-refractivity contribution in [3.63, 3.8) is 0 Å². The van der Waals surface area contributed by atoms with E-state index in [9.17, 15) is 0 Å². The lowest BCUT2D eigenvalue weighted by molar-refractivity contribution is 0.254. The number of hydrogen-bond acceptors (Lipinski definition) is 1. The molecule has 1 unspecified atom stereocenters. The number of allylic oxidation sites excluding steroid dienone is 2. The third-order valence-corrected chi connectivity index (χ3v) is 1.99. The predicted molar refractivity (Wildman–Crippen MR) is 54.1 cm³/mol. The van der Waals surface area contributed by atoms with Crippen LogP contribution in [0, 0.1) is 5.92 Å². The van der Waals surface area contributed by atoms with Crippen molar-refractivity contribution in [3.05, 3.63) is 23.8 Å². The van der Waals surface area contributed by atoms with Gasteiger partial charge in [0.1, 0.15) is 0 Å². The fourth-order valence-corrected chi connectivity index (χ4v) is 0.922. The van der Waals surface area contributed by atoms with Crippen molar-refractivity contribution in [3.8, 4) is 0 Å². The van der Waals surface area contributed by atoms with Crippen LogP contribution in [0.15, 0.2) is 23.8 Å². The van der Waals surface area contributed by atoms with Crippen LogP contribution in [0.4, 0.5) is 0 Å². The summed E-state index contributed by atoms with van der Waals surface area (Å²) < 4.78 is 0. The van der Waals surface area contributed by atoms with Gasteiger partial charge in [-0.05, 0) is 32.6 Å². The van der Waals surface area contributed by atoms with Gasteiger partial charge in [-0.1, -0.05) is 30.7 Å². The van der Waals surface area contributed by atoms with E-state index in [-0.39, 0.29) is 12.5 Å². The topological polar surface area (TPSA) is 20.2 Å². The molecule has 0 aliphatic rings. The largest absolute Gasteiger partial charge is 0.396 e. The molecule has 0 saturated heterocycles. The first-order chi connectivity index (χ1) is 5.57. The normalized spacial score (nSPS) is 12.3. The van der Waals surface area contributed by atoms with Crippen LogP contribution in [0.1, 0.15) is 33.6 Å². The van der Waals surface area contributed by atoms with Gasteiger partial charge < -0.3 is 5.11 Å². The molecule has 1 atom stereocenters. The first-order valence-electron chi connectivity index (χ1n) is 4.49. The Bertz CT molecular complexity index is 164. The van der Waals surface area contributed by atoms with E-state index in [0.29, 0.717) is 0 Å². The van der Waals surface area contributed by atoms with Gasteiger partial charge in [-0.3, -0.25) is 0 Å². The lowest BCUT2D eigenvalue weighted by Crippen LogP contribution is -2.03. The van der Waals surface area contributed by atoms with Crippen molar-refractivity contribution in [2.24, 2.45) is 5.92 Å². The zero-order valence-corrected chi connectivity index (χ0v) is 8.43. The Morgan fingerprint density at radius 1 is 1.50 bits per heavy atom. The van der Waals surface area contributed by atoms with E-state index < -0.39 is 0 Å². The minimum atomic E-state index is 0.216. The maximum Gasteiger partial charge on any atom is 0.0493 e. The van der Waals surface area contributed by atoms with E-state index >= 15 is 0 Å². The number of aliphatic hydroxyl groups is 1. The Morgan fingerprint density at radius 3 is 2.50 bits per heavy atom. The lowest BCUT2D eigenvalue weighted by Gasteiger charge is -2.09. The smallest absolute Gasteiger partial charge is 0.0493 e. The van der Waals surface area contributed by atoms with Crippen molar-refractivity contribution in [1.29, 1.82) is 0 Å². The van der Waals surface area contributed by atoms with Gasteiger partial charge in [0.15, 0.2) is 0 Å². The molecule has 1 nitrogen and oxygen atoms in total. The van der Waals surface area contributed by atoms with Gasteiger partial charge in [0, 0.05) is 6.61 Å². The molecule has 0 spiro atoms. The summed E-state index contributed by atoms with van der Waals surface area (Å²) in [6.07, 6.45) is 4.24. The molecule has 0 amide bonds. The molecule has 0 rings (SSSR count). The van der Waals surface area contributed by atoms with Gasteiger partial charge >= 0.3 is 0 Å². The van der Waals surface area contributed by atoms with Gasteiger partial charge in [0.05, 0.1) is 0 Å². The van der Waals surface area contributed by atoms with Gasteiger partial charge in [0.2, 0.25) is 0 Å². The van der Waals surface area contributed by atoms with Crippen molar-refractivity contribution >= 4 is 0 Å². The van der Waals surface area contributed by atoms with Crippen LogP contribution in [0.2, 0.25) is 0 Å². The molecular weight excluding hydrogens is 148 g/mol. The minimum absolute atomic E-state index is 0.216. The Labute approximate surface area is 75.8 Å². The second-order valence-corrected chi connectivity index (χ2v) is 3.56. The minimum Gasteiger partial charge on any atom is -0.396 e. The van der Waals surface area contributed by atoms with E-state index in [1.807, 2.05) is 6.92 Å². The van der Waals surface area contributed by atoms with E-state index in [4.69, 9.17) is 5.11 Å².